The second-order valence-corrected chi connectivity index (χ2v) is 10.3. The molecule has 0 aromatic heterocycles. The molecular formula is C34H28N2O11. The number of para-hydroxylation sites is 1. The van der Waals surface area contributed by atoms with Gasteiger partial charge in [0.25, 0.3) is 5.91 Å². The first kappa shape index (κ1) is 32.0. The summed E-state index contributed by atoms with van der Waals surface area (Å²) in [5.74, 6) is -2.09. The van der Waals surface area contributed by atoms with Crippen molar-refractivity contribution in [2.75, 3.05) is 0 Å². The molecule has 13 heteroatoms. The zero-order chi connectivity index (χ0) is 33.3. The van der Waals surface area contributed by atoms with Crippen molar-refractivity contribution in [2.24, 2.45) is 5.16 Å². The highest BCUT2D eigenvalue weighted by molar-refractivity contribution is 5.99. The molecule has 0 saturated heterocycles. The molecule has 0 aliphatic heterocycles. The molecule has 5 rings (SSSR count). The van der Waals surface area contributed by atoms with Crippen molar-refractivity contribution in [1.82, 2.24) is 4.90 Å². The number of carbonyl (C=O) groups excluding carboxylic acids is 1. The molecule has 1 aliphatic rings. The number of hydrogen-bond donors (Lipinski definition) is 3. The Morgan fingerprint density at radius 3 is 2.15 bits per heavy atom. The molecule has 0 fully saturated rings. The van der Waals surface area contributed by atoms with Crippen LogP contribution in [0.2, 0.25) is 0 Å². The summed E-state index contributed by atoms with van der Waals surface area (Å²) in [6, 6.07) is 25.1. The number of benzene rings is 4. The SMILES string of the molecule is O=C(O)Oc1cc(OC(=O)O)c(C(=O)N(Cc2cccc(C=NOc3ccccc3)c2)[C@H]2CCCc3ccccc32)cc1OC(=O)O. The lowest BCUT2D eigenvalue weighted by atomic mass is 9.86. The Kier molecular flexibility index (Phi) is 9.96. The molecule has 0 bridgehead atoms. The first-order chi connectivity index (χ1) is 22.7. The molecule has 13 nitrogen and oxygen atoms in total. The highest BCUT2D eigenvalue weighted by Crippen LogP contribution is 2.40. The lowest BCUT2D eigenvalue weighted by Crippen LogP contribution is -2.36. The third kappa shape index (κ3) is 8.22. The lowest BCUT2D eigenvalue weighted by Gasteiger charge is -2.36. The van der Waals surface area contributed by atoms with E-state index in [1.807, 2.05) is 54.6 Å². The molecule has 0 heterocycles. The molecule has 1 aliphatic carbocycles. The third-order valence-corrected chi connectivity index (χ3v) is 7.25. The monoisotopic (exact) mass is 640 g/mol. The molecule has 4 aromatic rings. The molecule has 1 atom stereocenters. The van der Waals surface area contributed by atoms with Crippen LogP contribution in [0.4, 0.5) is 14.4 Å². The van der Waals surface area contributed by atoms with Gasteiger partial charge in [-0.15, -0.1) is 0 Å². The van der Waals surface area contributed by atoms with Gasteiger partial charge in [-0.05, 0) is 59.7 Å². The van der Waals surface area contributed by atoms with Crippen LogP contribution in [0.25, 0.3) is 0 Å². The van der Waals surface area contributed by atoms with E-state index in [2.05, 4.69) is 9.89 Å². The maximum Gasteiger partial charge on any atom is 0.511 e. The third-order valence-electron chi connectivity index (χ3n) is 7.25. The van der Waals surface area contributed by atoms with Crippen LogP contribution < -0.4 is 19.0 Å². The number of fused-ring (bicyclic) bond motifs is 1. The van der Waals surface area contributed by atoms with Crippen LogP contribution in [0.1, 0.15) is 51.5 Å². The van der Waals surface area contributed by atoms with Gasteiger partial charge in [0.15, 0.2) is 23.0 Å². The standard InChI is InChI=1S/C34H28N2O11/c37-31(26-17-29(45-33(40)41)30(46-34(42)43)18-28(26)44-32(38)39)36(27-15-7-11-23-10-4-5-14-25(23)27)20-22-9-6-8-21(16-22)19-35-47-24-12-2-1-3-13-24/h1-6,8-10,12-14,16-19,27H,7,11,15,20H2,(H,38,39)(H,40,41)(H,42,43)/t27-/m0/s1. The molecule has 0 radical (unpaired) electrons. The van der Waals surface area contributed by atoms with Crippen LogP contribution in [0.3, 0.4) is 0 Å². The molecule has 0 saturated carbocycles. The number of oxime groups is 1. The van der Waals surface area contributed by atoms with Gasteiger partial charge in [0.2, 0.25) is 0 Å². The summed E-state index contributed by atoms with van der Waals surface area (Å²) in [4.78, 5) is 55.8. The smallest absolute Gasteiger partial charge is 0.449 e. The molecule has 3 N–H and O–H groups in total. The normalized spacial score (nSPS) is 13.7. The van der Waals surface area contributed by atoms with Crippen molar-refractivity contribution in [3.63, 3.8) is 0 Å². The Labute approximate surface area is 267 Å². The summed E-state index contributed by atoms with van der Waals surface area (Å²) in [7, 11) is 0. The van der Waals surface area contributed by atoms with Gasteiger partial charge in [0.1, 0.15) is 0 Å². The number of amides is 1. The highest BCUT2D eigenvalue weighted by atomic mass is 16.7. The minimum absolute atomic E-state index is 0.0358. The number of aryl methyl sites for hydroxylation is 1. The summed E-state index contributed by atoms with van der Waals surface area (Å²) in [5.41, 5.74) is 2.92. The van der Waals surface area contributed by atoms with Gasteiger partial charge in [-0.1, -0.05) is 65.8 Å². The second-order valence-electron chi connectivity index (χ2n) is 10.3. The number of nitrogens with zero attached hydrogens (tertiary/aromatic N) is 2. The zero-order valence-corrected chi connectivity index (χ0v) is 24.6. The fourth-order valence-corrected chi connectivity index (χ4v) is 5.36. The van der Waals surface area contributed by atoms with Crippen LogP contribution in [-0.4, -0.2) is 50.8 Å². The second kappa shape index (κ2) is 14.6. The van der Waals surface area contributed by atoms with E-state index in [1.54, 1.807) is 24.3 Å². The predicted octanol–water partition coefficient (Wildman–Crippen LogP) is 6.99. The molecule has 1 amide bonds. The van der Waals surface area contributed by atoms with Crippen molar-refractivity contribution in [3.8, 4) is 23.0 Å². The van der Waals surface area contributed by atoms with E-state index in [-0.39, 0.29) is 6.54 Å². The van der Waals surface area contributed by atoms with Crippen molar-refractivity contribution in [1.29, 1.82) is 0 Å². The Bertz CT molecular complexity index is 1820. The van der Waals surface area contributed by atoms with Gasteiger partial charge in [-0.3, -0.25) is 4.79 Å². The van der Waals surface area contributed by atoms with Crippen LogP contribution in [0, 0.1) is 0 Å². The van der Waals surface area contributed by atoms with Crippen molar-refractivity contribution in [2.45, 2.75) is 31.8 Å². The van der Waals surface area contributed by atoms with E-state index >= 15 is 0 Å². The summed E-state index contributed by atoms with van der Waals surface area (Å²) in [6.07, 6.45) is -1.81. The Morgan fingerprint density at radius 1 is 0.766 bits per heavy atom. The van der Waals surface area contributed by atoms with Crippen LogP contribution in [-0.2, 0) is 13.0 Å². The maximum absolute atomic E-state index is 14.5. The lowest BCUT2D eigenvalue weighted by molar-refractivity contribution is 0.0633. The van der Waals surface area contributed by atoms with E-state index < -0.39 is 53.2 Å². The van der Waals surface area contributed by atoms with E-state index in [0.717, 1.165) is 36.1 Å². The average molecular weight is 641 g/mol. The number of hydrogen-bond acceptors (Lipinski definition) is 9. The molecule has 0 spiro atoms. The summed E-state index contributed by atoms with van der Waals surface area (Å²) in [6.45, 7) is 0.0358. The number of carbonyl (C=O) groups is 4. The fourth-order valence-electron chi connectivity index (χ4n) is 5.36. The zero-order valence-electron chi connectivity index (χ0n) is 24.6. The summed E-state index contributed by atoms with van der Waals surface area (Å²) in [5, 5.41) is 31.9. The van der Waals surface area contributed by atoms with Crippen molar-refractivity contribution < 1.29 is 53.5 Å². The van der Waals surface area contributed by atoms with Crippen LogP contribution in [0.5, 0.6) is 23.0 Å². The minimum atomic E-state index is -1.83. The summed E-state index contributed by atoms with van der Waals surface area (Å²) >= 11 is 0. The number of rotatable bonds is 10. The predicted molar refractivity (Wildman–Crippen MR) is 166 cm³/mol. The van der Waals surface area contributed by atoms with Crippen molar-refractivity contribution >= 4 is 30.6 Å². The van der Waals surface area contributed by atoms with Gasteiger partial charge < -0.3 is 39.3 Å². The molecular weight excluding hydrogens is 612 g/mol. The van der Waals surface area contributed by atoms with Crippen LogP contribution in [0.15, 0.2) is 96.2 Å². The average Bonchev–Trinajstić information content (AvgIpc) is 3.04. The van der Waals surface area contributed by atoms with Gasteiger partial charge in [0.05, 0.1) is 17.8 Å². The maximum atomic E-state index is 14.5. The Morgan fingerprint density at radius 2 is 1.43 bits per heavy atom. The highest BCUT2D eigenvalue weighted by Gasteiger charge is 2.33. The van der Waals surface area contributed by atoms with Gasteiger partial charge in [-0.25, -0.2) is 14.4 Å². The van der Waals surface area contributed by atoms with E-state index in [9.17, 15) is 29.4 Å². The molecule has 0 unspecified atom stereocenters. The van der Waals surface area contributed by atoms with E-state index in [4.69, 9.17) is 19.4 Å². The quantitative estimate of drug-likeness (QED) is 0.0703. The van der Waals surface area contributed by atoms with Gasteiger partial charge in [0, 0.05) is 18.7 Å². The first-order valence-electron chi connectivity index (χ1n) is 14.3. The van der Waals surface area contributed by atoms with Crippen molar-refractivity contribution in [3.05, 3.63) is 119 Å². The Balaban J connectivity index is 1.56. The molecule has 240 valence electrons. The van der Waals surface area contributed by atoms with Gasteiger partial charge >= 0.3 is 18.5 Å². The fraction of sp³-hybridized carbons (Fsp3) is 0.147. The molecule has 4 aromatic carbocycles. The van der Waals surface area contributed by atoms with E-state index in [0.29, 0.717) is 23.3 Å². The number of carboxylic acid groups (broad SMARTS) is 3. The number of ether oxygens (including phenoxy) is 3. The topological polar surface area (TPSA) is 181 Å². The minimum Gasteiger partial charge on any atom is -0.449 e. The van der Waals surface area contributed by atoms with E-state index in [1.165, 1.54) is 11.1 Å². The Hall–Kier alpha value is -6.37. The largest absolute Gasteiger partial charge is 0.511 e. The molecule has 47 heavy (non-hydrogen) atoms. The first-order valence-corrected chi connectivity index (χ1v) is 14.3. The van der Waals surface area contributed by atoms with Crippen LogP contribution >= 0.6 is 0 Å². The van der Waals surface area contributed by atoms with Gasteiger partial charge in [-0.2, -0.15) is 0 Å². The summed E-state index contributed by atoms with van der Waals surface area (Å²) < 4.78 is 14.2.